The van der Waals surface area contributed by atoms with Gasteiger partial charge >= 0.3 is 0 Å². The Kier molecular flexibility index (Phi) is 5.78. The number of rotatable bonds is 7. The van der Waals surface area contributed by atoms with Crippen LogP contribution in [0.4, 0.5) is 0 Å². The summed E-state index contributed by atoms with van der Waals surface area (Å²) in [5.41, 5.74) is 0. The topological polar surface area (TPSA) is 49.4 Å². The molecule has 0 fully saturated rings. The lowest BCUT2D eigenvalue weighted by molar-refractivity contribution is 0.412. The van der Waals surface area contributed by atoms with E-state index < -0.39 is 10.0 Å². The van der Waals surface area contributed by atoms with Gasteiger partial charge in [0.2, 0.25) is 0 Å². The average Bonchev–Trinajstić information content (AvgIpc) is 2.77. The monoisotopic (exact) mass is 290 g/mol. The highest BCUT2D eigenvalue weighted by Crippen LogP contribution is 2.25. The zero-order chi connectivity index (χ0) is 13.8. The van der Waals surface area contributed by atoms with Gasteiger partial charge in [0.1, 0.15) is 4.21 Å². The number of hydrogen-bond donors (Lipinski definition) is 1. The van der Waals surface area contributed by atoms with Crippen molar-refractivity contribution in [1.82, 2.24) is 9.62 Å². The van der Waals surface area contributed by atoms with Crippen LogP contribution in [0, 0.1) is 0 Å². The van der Waals surface area contributed by atoms with Crippen LogP contribution in [-0.4, -0.2) is 32.4 Å². The molecule has 0 aromatic carbocycles. The summed E-state index contributed by atoms with van der Waals surface area (Å²) in [6, 6.07) is 3.55. The number of thiophene rings is 1. The van der Waals surface area contributed by atoms with Crippen LogP contribution in [0.3, 0.4) is 0 Å². The molecule has 18 heavy (non-hydrogen) atoms. The molecule has 0 unspecified atom stereocenters. The second-order valence-corrected chi connectivity index (χ2v) is 7.91. The van der Waals surface area contributed by atoms with Gasteiger partial charge in [-0.15, -0.1) is 11.3 Å². The summed E-state index contributed by atoms with van der Waals surface area (Å²) in [5, 5.41) is 3.27. The van der Waals surface area contributed by atoms with Crippen LogP contribution >= 0.6 is 11.3 Å². The van der Waals surface area contributed by atoms with Crippen LogP contribution in [0.25, 0.3) is 0 Å². The van der Waals surface area contributed by atoms with Gasteiger partial charge in [-0.3, -0.25) is 0 Å². The molecule has 0 bridgehead atoms. The molecule has 1 heterocycles. The molecule has 0 aliphatic heterocycles. The van der Waals surface area contributed by atoms with E-state index in [1.165, 1.54) is 15.6 Å². The molecule has 0 spiro atoms. The molecule has 1 rings (SSSR count). The lowest BCUT2D eigenvalue weighted by Crippen LogP contribution is -2.32. The highest BCUT2D eigenvalue weighted by Gasteiger charge is 2.24. The number of nitrogens with one attached hydrogen (secondary N) is 1. The number of sulfonamides is 1. The Morgan fingerprint density at radius 2 is 2.06 bits per heavy atom. The van der Waals surface area contributed by atoms with Crippen molar-refractivity contribution in [2.45, 2.75) is 44.0 Å². The summed E-state index contributed by atoms with van der Waals surface area (Å²) in [6.07, 6.45) is 1.08. The van der Waals surface area contributed by atoms with E-state index in [-0.39, 0.29) is 6.04 Å². The molecule has 1 N–H and O–H groups in total. The van der Waals surface area contributed by atoms with Gasteiger partial charge in [-0.1, -0.05) is 6.92 Å². The summed E-state index contributed by atoms with van der Waals surface area (Å²) in [5.74, 6) is 0. The summed E-state index contributed by atoms with van der Waals surface area (Å²) in [6.45, 7) is 7.53. The van der Waals surface area contributed by atoms with Crippen LogP contribution in [0.2, 0.25) is 0 Å². The first kappa shape index (κ1) is 15.6. The van der Waals surface area contributed by atoms with E-state index in [4.69, 9.17) is 0 Å². The lowest BCUT2D eigenvalue weighted by atomic mass is 10.4. The molecule has 0 radical (unpaired) electrons. The first-order valence-corrected chi connectivity index (χ1v) is 8.42. The Bertz CT molecular complexity index is 466. The van der Waals surface area contributed by atoms with Gasteiger partial charge in [0.25, 0.3) is 10.0 Å². The number of hydrogen-bond acceptors (Lipinski definition) is 4. The van der Waals surface area contributed by atoms with Crippen molar-refractivity contribution in [2.24, 2.45) is 0 Å². The fourth-order valence-electron chi connectivity index (χ4n) is 1.40. The lowest BCUT2D eigenvalue weighted by Gasteiger charge is -2.19. The van der Waals surface area contributed by atoms with Crippen molar-refractivity contribution >= 4 is 21.4 Å². The maximum atomic E-state index is 12.2. The van der Waals surface area contributed by atoms with Crippen molar-refractivity contribution in [3.63, 3.8) is 0 Å². The van der Waals surface area contributed by atoms with E-state index >= 15 is 0 Å². The molecule has 0 aliphatic carbocycles. The molecule has 104 valence electrons. The Morgan fingerprint density at radius 3 is 2.61 bits per heavy atom. The Balaban J connectivity index is 2.79. The summed E-state index contributed by atoms with van der Waals surface area (Å²) < 4.78 is 26.3. The quantitative estimate of drug-likeness (QED) is 0.784. The summed E-state index contributed by atoms with van der Waals surface area (Å²) >= 11 is 1.34. The van der Waals surface area contributed by atoms with E-state index in [1.54, 1.807) is 13.1 Å². The van der Waals surface area contributed by atoms with Gasteiger partial charge in [-0.05, 0) is 38.9 Å². The molecule has 0 atom stereocenters. The summed E-state index contributed by atoms with van der Waals surface area (Å²) in [7, 11) is -1.70. The summed E-state index contributed by atoms with van der Waals surface area (Å²) in [4.78, 5) is 1.05. The molecule has 1 aromatic heterocycles. The highest BCUT2D eigenvalue weighted by atomic mass is 32.2. The van der Waals surface area contributed by atoms with Crippen molar-refractivity contribution in [3.8, 4) is 0 Å². The zero-order valence-electron chi connectivity index (χ0n) is 11.4. The molecule has 0 saturated heterocycles. The SMILES string of the molecule is CCCNCc1ccc(S(=O)(=O)N(C)C(C)C)s1. The van der Waals surface area contributed by atoms with E-state index in [0.717, 1.165) is 24.4 Å². The largest absolute Gasteiger partial charge is 0.312 e. The molecule has 0 aliphatic rings. The maximum absolute atomic E-state index is 12.2. The van der Waals surface area contributed by atoms with Gasteiger partial charge in [-0.2, -0.15) is 4.31 Å². The van der Waals surface area contributed by atoms with Crippen LogP contribution < -0.4 is 5.32 Å². The third-order valence-corrected chi connectivity index (χ3v) is 6.31. The van der Waals surface area contributed by atoms with Crippen molar-refractivity contribution in [1.29, 1.82) is 0 Å². The molecular weight excluding hydrogens is 268 g/mol. The molecule has 6 heteroatoms. The Morgan fingerprint density at radius 1 is 1.39 bits per heavy atom. The molecule has 0 saturated carbocycles. The Labute approximate surface area is 114 Å². The third kappa shape index (κ3) is 3.78. The van der Waals surface area contributed by atoms with Gasteiger partial charge in [0.05, 0.1) is 0 Å². The highest BCUT2D eigenvalue weighted by molar-refractivity contribution is 7.91. The third-order valence-electron chi connectivity index (χ3n) is 2.72. The van der Waals surface area contributed by atoms with Gasteiger partial charge in [-0.25, -0.2) is 8.42 Å². The molecule has 0 amide bonds. The van der Waals surface area contributed by atoms with Crippen LogP contribution in [-0.2, 0) is 16.6 Å². The predicted octanol–water partition coefficient (Wildman–Crippen LogP) is 2.28. The second-order valence-electron chi connectivity index (χ2n) is 4.51. The normalized spacial score (nSPS) is 12.6. The predicted molar refractivity (Wildman–Crippen MR) is 76.4 cm³/mol. The van der Waals surface area contributed by atoms with Gasteiger partial charge in [0.15, 0.2) is 0 Å². The first-order valence-electron chi connectivity index (χ1n) is 6.17. The van der Waals surface area contributed by atoms with Crippen molar-refractivity contribution in [3.05, 3.63) is 17.0 Å². The molecule has 1 aromatic rings. The van der Waals surface area contributed by atoms with Crippen molar-refractivity contribution in [2.75, 3.05) is 13.6 Å². The number of nitrogens with zero attached hydrogens (tertiary/aromatic N) is 1. The van der Waals surface area contributed by atoms with Gasteiger partial charge < -0.3 is 5.32 Å². The van der Waals surface area contributed by atoms with Crippen LogP contribution in [0.5, 0.6) is 0 Å². The fraction of sp³-hybridized carbons (Fsp3) is 0.667. The van der Waals surface area contributed by atoms with E-state index in [9.17, 15) is 8.42 Å². The molecule has 4 nitrogen and oxygen atoms in total. The van der Waals surface area contributed by atoms with Gasteiger partial charge in [0, 0.05) is 24.5 Å². The smallest absolute Gasteiger partial charge is 0.252 e. The van der Waals surface area contributed by atoms with Crippen LogP contribution in [0.15, 0.2) is 16.3 Å². The first-order chi connectivity index (χ1) is 8.39. The van der Waals surface area contributed by atoms with E-state index in [0.29, 0.717) is 4.21 Å². The fourth-order valence-corrected chi connectivity index (χ4v) is 4.28. The van der Waals surface area contributed by atoms with Crippen LogP contribution in [0.1, 0.15) is 32.1 Å². The standard InChI is InChI=1S/C12H22N2O2S2/c1-5-8-13-9-11-6-7-12(17-11)18(15,16)14(4)10(2)3/h6-7,10,13H,5,8-9H2,1-4H3. The minimum Gasteiger partial charge on any atom is -0.312 e. The average molecular weight is 290 g/mol. The maximum Gasteiger partial charge on any atom is 0.252 e. The molecular formula is C12H22N2O2S2. The Hall–Kier alpha value is -0.430. The van der Waals surface area contributed by atoms with E-state index in [1.807, 2.05) is 19.9 Å². The van der Waals surface area contributed by atoms with Crippen molar-refractivity contribution < 1.29 is 8.42 Å². The zero-order valence-corrected chi connectivity index (χ0v) is 13.1. The second kappa shape index (κ2) is 6.65. The minimum absolute atomic E-state index is 0.0289. The minimum atomic E-state index is -3.32. The van der Waals surface area contributed by atoms with E-state index in [2.05, 4.69) is 12.2 Å².